The maximum Gasteiger partial charge on any atom is 0.126 e. The van der Waals surface area contributed by atoms with E-state index < -0.39 is 0 Å². The van der Waals surface area contributed by atoms with Crippen LogP contribution in [0.3, 0.4) is 0 Å². The van der Waals surface area contributed by atoms with Crippen molar-refractivity contribution in [3.63, 3.8) is 0 Å². The fourth-order valence-corrected chi connectivity index (χ4v) is 3.98. The molecule has 0 spiro atoms. The van der Waals surface area contributed by atoms with E-state index >= 15 is 0 Å². The molecule has 31 heavy (non-hydrogen) atoms. The minimum Gasteiger partial charge on any atom is -0.488 e. The third-order valence-electron chi connectivity index (χ3n) is 6.30. The maximum atomic E-state index is 6.42. The molecular weight excluding hydrogens is 384 g/mol. The Balaban J connectivity index is 1.63. The summed E-state index contributed by atoms with van der Waals surface area (Å²) < 4.78 is 18.4. The molecule has 162 valence electrons. The van der Waals surface area contributed by atoms with Crippen molar-refractivity contribution in [3.05, 3.63) is 94.0 Å². The zero-order chi connectivity index (χ0) is 21.8. The lowest BCUT2D eigenvalue weighted by atomic mass is 9.92. The summed E-state index contributed by atoms with van der Waals surface area (Å²) >= 11 is 0. The van der Waals surface area contributed by atoms with Gasteiger partial charge in [0.2, 0.25) is 0 Å². The van der Waals surface area contributed by atoms with Gasteiger partial charge < -0.3 is 14.2 Å². The second-order valence-electron chi connectivity index (χ2n) is 8.80. The molecule has 3 aromatic rings. The van der Waals surface area contributed by atoms with Gasteiger partial charge >= 0.3 is 0 Å². The summed E-state index contributed by atoms with van der Waals surface area (Å²) in [6.07, 6.45) is 1.89. The van der Waals surface area contributed by atoms with Crippen LogP contribution in [0.1, 0.15) is 46.7 Å². The molecule has 3 aromatic carbocycles. The Morgan fingerprint density at radius 2 is 1.23 bits per heavy atom. The van der Waals surface area contributed by atoms with Gasteiger partial charge in [0.25, 0.3) is 0 Å². The molecule has 1 saturated heterocycles. The number of hydrogen-bond acceptors (Lipinski definition) is 3. The fourth-order valence-electron chi connectivity index (χ4n) is 3.98. The minimum atomic E-state index is 0.00693. The lowest BCUT2D eigenvalue weighted by Crippen LogP contribution is -2.11. The number of hydrogen-bond donors (Lipinski definition) is 0. The van der Waals surface area contributed by atoms with Crippen LogP contribution in [0.4, 0.5) is 0 Å². The number of benzene rings is 3. The van der Waals surface area contributed by atoms with E-state index in [9.17, 15) is 0 Å². The third-order valence-corrected chi connectivity index (χ3v) is 6.30. The smallest absolute Gasteiger partial charge is 0.126 e. The van der Waals surface area contributed by atoms with Gasteiger partial charge in [-0.15, -0.1) is 0 Å². The molecule has 1 unspecified atom stereocenters. The van der Waals surface area contributed by atoms with Gasteiger partial charge in [-0.1, -0.05) is 60.7 Å². The van der Waals surface area contributed by atoms with Crippen LogP contribution in [0.25, 0.3) is 0 Å². The number of epoxide rings is 1. The van der Waals surface area contributed by atoms with Crippen LogP contribution in [0, 0.1) is 20.8 Å². The zero-order valence-electron chi connectivity index (χ0n) is 19.0. The van der Waals surface area contributed by atoms with Gasteiger partial charge in [0.1, 0.15) is 24.7 Å². The Bertz CT molecular complexity index is 1020. The highest BCUT2D eigenvalue weighted by atomic mass is 16.6. The molecular formula is C28H32O3. The average molecular weight is 417 g/mol. The Hall–Kier alpha value is -2.78. The van der Waals surface area contributed by atoms with Gasteiger partial charge in [-0.3, -0.25) is 0 Å². The number of ether oxygens (including phenoxy) is 3. The molecule has 0 amide bonds. The second-order valence-corrected chi connectivity index (χ2v) is 8.80. The summed E-state index contributed by atoms with van der Waals surface area (Å²) in [5.41, 5.74) is 7.06. The van der Waals surface area contributed by atoms with Crippen molar-refractivity contribution in [2.45, 2.75) is 59.4 Å². The largest absolute Gasteiger partial charge is 0.488 e. The quantitative estimate of drug-likeness (QED) is 0.374. The van der Waals surface area contributed by atoms with Crippen molar-refractivity contribution < 1.29 is 14.2 Å². The van der Waals surface area contributed by atoms with E-state index in [0.29, 0.717) is 13.2 Å². The maximum absolute atomic E-state index is 6.42. The van der Waals surface area contributed by atoms with Crippen LogP contribution >= 0.6 is 0 Å². The second kappa shape index (κ2) is 9.15. The van der Waals surface area contributed by atoms with Gasteiger partial charge in [-0.2, -0.15) is 0 Å². The van der Waals surface area contributed by atoms with Gasteiger partial charge in [-0.05, 0) is 68.4 Å². The van der Waals surface area contributed by atoms with Crippen molar-refractivity contribution in [3.8, 4) is 11.5 Å². The molecule has 1 aliphatic rings. The highest BCUT2D eigenvalue weighted by Gasteiger charge is 2.39. The highest BCUT2D eigenvalue weighted by Crippen LogP contribution is 2.41. The van der Waals surface area contributed by atoms with Crippen molar-refractivity contribution >= 4 is 0 Å². The van der Waals surface area contributed by atoms with Crippen LogP contribution in [0.15, 0.2) is 60.7 Å². The van der Waals surface area contributed by atoms with Crippen LogP contribution in [-0.4, -0.2) is 12.2 Å². The van der Waals surface area contributed by atoms with Crippen LogP contribution < -0.4 is 9.47 Å². The summed E-state index contributed by atoms with van der Waals surface area (Å²) in [6.45, 7) is 10.6. The van der Waals surface area contributed by atoms with E-state index in [-0.39, 0.29) is 5.60 Å². The summed E-state index contributed by atoms with van der Waals surface area (Å²) in [4.78, 5) is 0. The molecule has 0 N–H and O–H groups in total. The lowest BCUT2D eigenvalue weighted by Gasteiger charge is -2.23. The molecule has 3 nitrogen and oxygen atoms in total. The summed E-state index contributed by atoms with van der Waals surface area (Å²) in [7, 11) is 0. The van der Waals surface area contributed by atoms with Crippen molar-refractivity contribution in [1.29, 1.82) is 0 Å². The van der Waals surface area contributed by atoms with Crippen molar-refractivity contribution in [1.82, 2.24) is 0 Å². The Kier molecular flexibility index (Phi) is 6.33. The summed E-state index contributed by atoms with van der Waals surface area (Å²) in [5.74, 6) is 1.97. The summed E-state index contributed by atoms with van der Waals surface area (Å²) in [6, 6.07) is 20.7. The highest BCUT2D eigenvalue weighted by molar-refractivity contribution is 5.58. The fraction of sp³-hybridized carbons (Fsp3) is 0.357. The monoisotopic (exact) mass is 416 g/mol. The molecule has 0 aliphatic carbocycles. The Labute approximate surface area is 186 Å². The summed E-state index contributed by atoms with van der Waals surface area (Å²) in [5, 5.41) is 0. The topological polar surface area (TPSA) is 31.0 Å². The van der Waals surface area contributed by atoms with E-state index in [1.165, 1.54) is 22.3 Å². The molecule has 4 rings (SSSR count). The van der Waals surface area contributed by atoms with Crippen LogP contribution in [-0.2, 0) is 24.4 Å². The van der Waals surface area contributed by atoms with E-state index in [1.54, 1.807) is 0 Å². The molecule has 0 aromatic heterocycles. The predicted molar refractivity (Wildman–Crippen MR) is 125 cm³/mol. The first kappa shape index (κ1) is 21.5. The van der Waals surface area contributed by atoms with Gasteiger partial charge in [0.05, 0.1) is 12.2 Å². The molecule has 1 aliphatic heterocycles. The normalized spacial score (nSPS) is 17.4. The molecule has 0 saturated carbocycles. The molecule has 1 fully saturated rings. The molecule has 0 bridgehead atoms. The zero-order valence-corrected chi connectivity index (χ0v) is 19.0. The average Bonchev–Trinajstić information content (AvgIpc) is 3.53. The van der Waals surface area contributed by atoms with E-state index in [1.807, 2.05) is 24.3 Å². The van der Waals surface area contributed by atoms with Gasteiger partial charge in [-0.25, -0.2) is 0 Å². The Morgan fingerprint density at radius 3 is 1.74 bits per heavy atom. The van der Waals surface area contributed by atoms with Gasteiger partial charge in [0, 0.05) is 5.56 Å². The minimum absolute atomic E-state index is 0.00693. The van der Waals surface area contributed by atoms with Gasteiger partial charge in [0.15, 0.2) is 0 Å². The molecule has 1 atom stereocenters. The third kappa shape index (κ3) is 5.11. The van der Waals surface area contributed by atoms with E-state index in [0.717, 1.165) is 42.1 Å². The standard InChI is InChI=1S/C28H32O3/c1-20-21(2)27(30-18-24-13-9-6-10-14-24)25(15-16-28(4)19-31-28)22(3)26(20)29-17-23-11-7-5-8-12-23/h5-14H,15-19H2,1-4H3. The molecule has 3 heteroatoms. The predicted octanol–water partition coefficient (Wildman–Crippen LogP) is 6.49. The first-order valence-electron chi connectivity index (χ1n) is 11.1. The first-order valence-corrected chi connectivity index (χ1v) is 11.1. The van der Waals surface area contributed by atoms with Crippen molar-refractivity contribution in [2.75, 3.05) is 6.61 Å². The van der Waals surface area contributed by atoms with E-state index in [4.69, 9.17) is 14.2 Å². The van der Waals surface area contributed by atoms with Crippen LogP contribution in [0.5, 0.6) is 11.5 Å². The van der Waals surface area contributed by atoms with E-state index in [2.05, 4.69) is 64.1 Å². The molecule has 1 heterocycles. The van der Waals surface area contributed by atoms with Crippen molar-refractivity contribution in [2.24, 2.45) is 0 Å². The SMILES string of the molecule is Cc1c(C)c(OCc2ccccc2)c(CCC2(C)CO2)c(C)c1OCc1ccccc1. The molecule has 0 radical (unpaired) electrons. The number of rotatable bonds is 9. The lowest BCUT2D eigenvalue weighted by molar-refractivity contribution is 0.284. The Morgan fingerprint density at radius 1 is 0.742 bits per heavy atom. The van der Waals surface area contributed by atoms with Crippen LogP contribution in [0.2, 0.25) is 0 Å². The first-order chi connectivity index (χ1) is 15.0.